The molecule has 1 aromatic heterocycles. The van der Waals surface area contributed by atoms with Gasteiger partial charge in [0.05, 0.1) is 10.0 Å². The van der Waals surface area contributed by atoms with Gasteiger partial charge in [0.1, 0.15) is 11.6 Å². The van der Waals surface area contributed by atoms with Crippen LogP contribution in [0.25, 0.3) is 6.08 Å². The standard InChI is InChI=1S/C18H17Cl2N3O/c1-4-23-11(2)7-13(12(23)3)8-14(10-21)18(24)22-15-5-6-16(19)17(20)9-15/h5-9H,4H2,1-3H3,(H,22,24)/b14-8-. The summed E-state index contributed by atoms with van der Waals surface area (Å²) in [7, 11) is 0. The number of amides is 1. The molecule has 24 heavy (non-hydrogen) atoms. The van der Waals surface area contributed by atoms with Gasteiger partial charge in [0.2, 0.25) is 0 Å². The number of nitrogens with zero attached hydrogens (tertiary/aromatic N) is 2. The van der Waals surface area contributed by atoms with Crippen LogP contribution < -0.4 is 5.32 Å². The Bertz CT molecular complexity index is 860. The van der Waals surface area contributed by atoms with Gasteiger partial charge in [0.25, 0.3) is 5.91 Å². The molecule has 1 aromatic carbocycles. The Morgan fingerprint density at radius 1 is 1.29 bits per heavy atom. The van der Waals surface area contributed by atoms with Crippen molar-refractivity contribution < 1.29 is 4.79 Å². The van der Waals surface area contributed by atoms with Crippen molar-refractivity contribution in [2.75, 3.05) is 5.32 Å². The van der Waals surface area contributed by atoms with E-state index in [1.165, 1.54) is 0 Å². The van der Waals surface area contributed by atoms with E-state index in [1.807, 2.05) is 26.0 Å². The van der Waals surface area contributed by atoms with Crippen LogP contribution in [0.5, 0.6) is 0 Å². The number of aryl methyl sites for hydroxylation is 1. The van der Waals surface area contributed by atoms with E-state index in [4.69, 9.17) is 23.2 Å². The summed E-state index contributed by atoms with van der Waals surface area (Å²) in [6, 6.07) is 8.67. The second-order valence-corrected chi connectivity index (χ2v) is 6.14. The Hall–Kier alpha value is -2.22. The molecule has 0 unspecified atom stereocenters. The predicted molar refractivity (Wildman–Crippen MR) is 98.3 cm³/mol. The van der Waals surface area contributed by atoms with Gasteiger partial charge in [-0.05, 0) is 56.7 Å². The number of benzene rings is 1. The maximum Gasteiger partial charge on any atom is 0.266 e. The molecule has 124 valence electrons. The van der Waals surface area contributed by atoms with Gasteiger partial charge in [-0.1, -0.05) is 23.2 Å². The molecule has 4 nitrogen and oxygen atoms in total. The summed E-state index contributed by atoms with van der Waals surface area (Å²) in [6.45, 7) is 6.85. The lowest BCUT2D eigenvalue weighted by molar-refractivity contribution is -0.112. The van der Waals surface area contributed by atoms with E-state index in [9.17, 15) is 10.1 Å². The van der Waals surface area contributed by atoms with Crippen LogP contribution in [-0.2, 0) is 11.3 Å². The number of nitriles is 1. The predicted octanol–water partition coefficient (Wildman–Crippen LogP) is 4.98. The lowest BCUT2D eigenvalue weighted by atomic mass is 10.1. The van der Waals surface area contributed by atoms with E-state index in [1.54, 1.807) is 24.3 Å². The molecule has 2 rings (SSSR count). The van der Waals surface area contributed by atoms with Gasteiger partial charge < -0.3 is 9.88 Å². The second kappa shape index (κ2) is 7.57. The van der Waals surface area contributed by atoms with Crippen molar-refractivity contribution in [2.45, 2.75) is 27.3 Å². The van der Waals surface area contributed by atoms with Crippen molar-refractivity contribution >= 4 is 40.9 Å². The number of carbonyl (C=O) groups is 1. The van der Waals surface area contributed by atoms with Crippen molar-refractivity contribution in [3.05, 3.63) is 56.8 Å². The van der Waals surface area contributed by atoms with Crippen LogP contribution in [0.1, 0.15) is 23.9 Å². The number of aromatic nitrogens is 1. The first kappa shape index (κ1) is 18.1. The van der Waals surface area contributed by atoms with E-state index >= 15 is 0 Å². The van der Waals surface area contributed by atoms with Gasteiger partial charge >= 0.3 is 0 Å². The minimum atomic E-state index is -0.489. The molecule has 0 saturated heterocycles. The number of anilines is 1. The number of rotatable bonds is 4. The van der Waals surface area contributed by atoms with Crippen LogP contribution in [0, 0.1) is 25.2 Å². The van der Waals surface area contributed by atoms with E-state index in [0.717, 1.165) is 23.5 Å². The maximum absolute atomic E-state index is 12.3. The first-order valence-electron chi connectivity index (χ1n) is 7.42. The third kappa shape index (κ3) is 3.81. The average Bonchev–Trinajstić information content (AvgIpc) is 2.81. The molecule has 0 spiro atoms. The fraction of sp³-hybridized carbons (Fsp3) is 0.222. The van der Waals surface area contributed by atoms with Crippen LogP contribution in [-0.4, -0.2) is 10.5 Å². The summed E-state index contributed by atoms with van der Waals surface area (Å²) in [5.41, 5.74) is 3.47. The molecular weight excluding hydrogens is 345 g/mol. The van der Waals surface area contributed by atoms with E-state index in [-0.39, 0.29) is 5.57 Å². The van der Waals surface area contributed by atoms with E-state index in [0.29, 0.717) is 15.7 Å². The van der Waals surface area contributed by atoms with Gasteiger partial charge in [0, 0.05) is 23.6 Å². The lowest BCUT2D eigenvalue weighted by Gasteiger charge is -2.06. The highest BCUT2D eigenvalue weighted by Gasteiger charge is 2.13. The van der Waals surface area contributed by atoms with Gasteiger partial charge in [-0.15, -0.1) is 0 Å². The molecule has 2 aromatic rings. The quantitative estimate of drug-likeness (QED) is 0.616. The van der Waals surface area contributed by atoms with Crippen LogP contribution in [0.15, 0.2) is 29.8 Å². The Kier molecular flexibility index (Phi) is 5.71. The molecule has 0 aliphatic rings. The molecule has 0 atom stereocenters. The topological polar surface area (TPSA) is 57.8 Å². The minimum absolute atomic E-state index is 0.0254. The SMILES string of the molecule is CCn1c(C)cc(/C=C(/C#N)C(=O)Nc2ccc(Cl)c(Cl)c2)c1C. The molecule has 0 aliphatic carbocycles. The average molecular weight is 362 g/mol. The third-order valence-electron chi connectivity index (χ3n) is 3.77. The summed E-state index contributed by atoms with van der Waals surface area (Å²) in [5, 5.41) is 12.7. The third-order valence-corrected chi connectivity index (χ3v) is 4.51. The summed E-state index contributed by atoms with van der Waals surface area (Å²) >= 11 is 11.8. The molecule has 0 radical (unpaired) electrons. The molecule has 1 N–H and O–H groups in total. The zero-order valence-electron chi connectivity index (χ0n) is 13.7. The number of carbonyl (C=O) groups excluding carboxylic acids is 1. The number of hydrogen-bond acceptors (Lipinski definition) is 2. The first-order valence-corrected chi connectivity index (χ1v) is 8.17. The van der Waals surface area contributed by atoms with Crippen LogP contribution in [0.2, 0.25) is 10.0 Å². The molecule has 1 amide bonds. The largest absolute Gasteiger partial charge is 0.349 e. The normalized spacial score (nSPS) is 11.2. The number of nitrogens with one attached hydrogen (secondary N) is 1. The molecule has 6 heteroatoms. The zero-order valence-corrected chi connectivity index (χ0v) is 15.2. The molecule has 0 bridgehead atoms. The maximum atomic E-state index is 12.3. The summed E-state index contributed by atoms with van der Waals surface area (Å²) in [4.78, 5) is 12.3. The Morgan fingerprint density at radius 3 is 2.54 bits per heavy atom. The highest BCUT2D eigenvalue weighted by molar-refractivity contribution is 6.42. The summed E-state index contributed by atoms with van der Waals surface area (Å²) in [6.07, 6.45) is 1.60. The molecular formula is C18H17Cl2N3O. The summed E-state index contributed by atoms with van der Waals surface area (Å²) < 4.78 is 2.12. The molecule has 1 heterocycles. The molecule has 0 aliphatic heterocycles. The van der Waals surface area contributed by atoms with Crippen molar-refractivity contribution in [2.24, 2.45) is 0 Å². The summed E-state index contributed by atoms with van der Waals surface area (Å²) in [5.74, 6) is -0.489. The van der Waals surface area contributed by atoms with Gasteiger partial charge in [-0.3, -0.25) is 4.79 Å². The van der Waals surface area contributed by atoms with E-state index in [2.05, 4.69) is 16.8 Å². The van der Waals surface area contributed by atoms with Crippen molar-refractivity contribution in [1.29, 1.82) is 5.26 Å². The Balaban J connectivity index is 2.29. The van der Waals surface area contributed by atoms with Crippen molar-refractivity contribution in [3.8, 4) is 6.07 Å². The monoisotopic (exact) mass is 361 g/mol. The highest BCUT2D eigenvalue weighted by atomic mass is 35.5. The van der Waals surface area contributed by atoms with Crippen LogP contribution in [0.4, 0.5) is 5.69 Å². The second-order valence-electron chi connectivity index (χ2n) is 5.32. The first-order chi connectivity index (χ1) is 11.4. The smallest absolute Gasteiger partial charge is 0.266 e. The number of hydrogen-bond donors (Lipinski definition) is 1. The van der Waals surface area contributed by atoms with Gasteiger partial charge in [-0.2, -0.15) is 5.26 Å². The Morgan fingerprint density at radius 2 is 2.00 bits per heavy atom. The Labute approximate surface area is 151 Å². The van der Waals surface area contributed by atoms with Gasteiger partial charge in [-0.25, -0.2) is 0 Å². The van der Waals surface area contributed by atoms with Crippen molar-refractivity contribution in [1.82, 2.24) is 4.57 Å². The van der Waals surface area contributed by atoms with Crippen LogP contribution in [0.3, 0.4) is 0 Å². The van der Waals surface area contributed by atoms with Crippen molar-refractivity contribution in [3.63, 3.8) is 0 Å². The minimum Gasteiger partial charge on any atom is -0.349 e. The number of halogens is 2. The highest BCUT2D eigenvalue weighted by Crippen LogP contribution is 2.25. The van der Waals surface area contributed by atoms with Crippen LogP contribution >= 0.6 is 23.2 Å². The lowest BCUT2D eigenvalue weighted by Crippen LogP contribution is -2.13. The fourth-order valence-corrected chi connectivity index (χ4v) is 2.83. The zero-order chi connectivity index (χ0) is 17.9. The fourth-order valence-electron chi connectivity index (χ4n) is 2.54. The molecule has 0 saturated carbocycles. The van der Waals surface area contributed by atoms with E-state index < -0.39 is 5.91 Å². The van der Waals surface area contributed by atoms with Gasteiger partial charge in [0.15, 0.2) is 0 Å². The molecule has 0 fully saturated rings.